The Labute approximate surface area is 170 Å². The molecule has 0 saturated carbocycles. The Morgan fingerprint density at radius 1 is 1.30 bits per heavy atom. The smallest absolute Gasteiger partial charge is 0.378 e. The van der Waals surface area contributed by atoms with Crippen LogP contribution in [0.3, 0.4) is 0 Å². The zero-order valence-electron chi connectivity index (χ0n) is 16.3. The summed E-state index contributed by atoms with van der Waals surface area (Å²) in [5.74, 6) is 0.226. The number of halogens is 3. The van der Waals surface area contributed by atoms with E-state index < -0.39 is 23.7 Å². The Morgan fingerprint density at radius 3 is 2.73 bits per heavy atom. The van der Waals surface area contributed by atoms with Crippen LogP contribution in [0.25, 0.3) is 0 Å². The molecular weight excluding hydrogens is 401 g/mol. The molecule has 2 aromatic rings. The van der Waals surface area contributed by atoms with Crippen LogP contribution in [0.5, 0.6) is 0 Å². The summed E-state index contributed by atoms with van der Waals surface area (Å²) >= 11 is 0. The number of hydrogen-bond donors (Lipinski definition) is 1. The van der Waals surface area contributed by atoms with E-state index in [2.05, 4.69) is 9.97 Å². The number of rotatable bonds is 3. The summed E-state index contributed by atoms with van der Waals surface area (Å²) in [5.41, 5.74) is -0.727. The molecule has 1 amide bonds. The summed E-state index contributed by atoms with van der Waals surface area (Å²) in [4.78, 5) is 35.3. The van der Waals surface area contributed by atoms with Crippen LogP contribution < -0.4 is 15.4 Å². The van der Waals surface area contributed by atoms with Crippen LogP contribution in [-0.2, 0) is 28.5 Å². The third-order valence-electron chi connectivity index (χ3n) is 5.36. The molecule has 1 atom stereocenters. The molecule has 0 radical (unpaired) electrons. The van der Waals surface area contributed by atoms with Crippen LogP contribution in [0.1, 0.15) is 23.9 Å². The molecule has 1 aromatic carbocycles. The number of amides is 1. The minimum Gasteiger partial charge on any atom is -0.378 e. The van der Waals surface area contributed by atoms with Gasteiger partial charge in [0.05, 0.1) is 25.2 Å². The van der Waals surface area contributed by atoms with E-state index in [0.717, 1.165) is 6.07 Å². The van der Waals surface area contributed by atoms with E-state index in [9.17, 15) is 22.8 Å². The van der Waals surface area contributed by atoms with Gasteiger partial charge in [-0.15, -0.1) is 0 Å². The Hall–Kier alpha value is -2.88. The molecule has 1 fully saturated rings. The molecule has 0 spiro atoms. The van der Waals surface area contributed by atoms with Gasteiger partial charge in [0, 0.05) is 30.9 Å². The molecule has 7 nitrogen and oxygen atoms in total. The van der Waals surface area contributed by atoms with Gasteiger partial charge in [-0.3, -0.25) is 9.59 Å². The van der Waals surface area contributed by atoms with E-state index in [0.29, 0.717) is 32.1 Å². The third kappa shape index (κ3) is 3.91. The fourth-order valence-corrected chi connectivity index (χ4v) is 4.05. The van der Waals surface area contributed by atoms with Gasteiger partial charge in [-0.05, 0) is 31.0 Å². The number of alkyl halides is 3. The first-order valence-corrected chi connectivity index (χ1v) is 9.68. The van der Waals surface area contributed by atoms with E-state index in [1.165, 1.54) is 23.1 Å². The zero-order valence-corrected chi connectivity index (χ0v) is 16.3. The summed E-state index contributed by atoms with van der Waals surface area (Å²) in [6, 6.07) is 4.79. The van der Waals surface area contributed by atoms with Gasteiger partial charge < -0.3 is 19.5 Å². The maximum Gasteiger partial charge on any atom is 0.416 e. The van der Waals surface area contributed by atoms with Crippen LogP contribution in [0.4, 0.5) is 24.7 Å². The number of ether oxygens (including phenoxy) is 1. The molecule has 0 bridgehead atoms. The number of morpholine rings is 1. The number of nitrogens with one attached hydrogen (secondary N) is 1. The normalized spacial score (nSPS) is 19.1. The number of hydrogen-bond acceptors (Lipinski definition) is 5. The van der Waals surface area contributed by atoms with Crippen molar-refractivity contribution < 1.29 is 22.7 Å². The van der Waals surface area contributed by atoms with Crippen molar-refractivity contribution in [2.24, 2.45) is 0 Å². The Bertz CT molecular complexity index is 1020. The molecule has 2 aliphatic rings. The Kier molecular flexibility index (Phi) is 5.27. The molecule has 1 unspecified atom stereocenters. The van der Waals surface area contributed by atoms with Gasteiger partial charge >= 0.3 is 6.18 Å². The van der Waals surface area contributed by atoms with E-state index in [1.807, 2.05) is 4.90 Å². The van der Waals surface area contributed by atoms with Gasteiger partial charge in [0.25, 0.3) is 5.56 Å². The average Bonchev–Trinajstić information content (AvgIpc) is 3.03. The second-order valence-electron chi connectivity index (χ2n) is 7.44. The maximum absolute atomic E-state index is 13.3. The standard InChI is InChI=1S/C20H21F3N4O3/c1-12-9-13-14(20(21,22)23)3-2-4-15(13)27(12)19(29)10-16-24-17(11-18(28)25-16)26-5-7-30-8-6-26/h2-4,11-12H,5-10H2,1H3,(H,24,25,28). The van der Waals surface area contributed by atoms with E-state index in [-0.39, 0.29) is 35.5 Å². The van der Waals surface area contributed by atoms with Crippen molar-refractivity contribution in [3.63, 3.8) is 0 Å². The van der Waals surface area contributed by atoms with Gasteiger partial charge in [0.2, 0.25) is 5.91 Å². The highest BCUT2D eigenvalue weighted by Crippen LogP contribution is 2.41. The molecule has 3 heterocycles. The van der Waals surface area contributed by atoms with Gasteiger partial charge in [0.15, 0.2) is 0 Å². The largest absolute Gasteiger partial charge is 0.416 e. The lowest BCUT2D eigenvalue weighted by Crippen LogP contribution is -2.39. The molecule has 30 heavy (non-hydrogen) atoms. The number of anilines is 2. The first-order chi connectivity index (χ1) is 14.2. The van der Waals surface area contributed by atoms with Crippen LogP contribution in [0.15, 0.2) is 29.1 Å². The van der Waals surface area contributed by atoms with Crippen LogP contribution in [0, 0.1) is 0 Å². The van der Waals surface area contributed by atoms with Crippen LogP contribution in [-0.4, -0.2) is 48.2 Å². The molecule has 1 aromatic heterocycles. The first kappa shape index (κ1) is 20.4. The van der Waals surface area contributed by atoms with Gasteiger partial charge in [-0.2, -0.15) is 13.2 Å². The SMILES string of the molecule is CC1Cc2c(cccc2C(F)(F)F)N1C(=O)Cc1nc(N2CCOCC2)cc(=O)[nH]1. The summed E-state index contributed by atoms with van der Waals surface area (Å²) in [7, 11) is 0. The number of benzene rings is 1. The monoisotopic (exact) mass is 422 g/mol. The second-order valence-corrected chi connectivity index (χ2v) is 7.44. The predicted molar refractivity (Wildman–Crippen MR) is 104 cm³/mol. The fraction of sp³-hybridized carbons (Fsp3) is 0.450. The quantitative estimate of drug-likeness (QED) is 0.820. The minimum atomic E-state index is -4.48. The minimum absolute atomic E-state index is 0.120. The first-order valence-electron chi connectivity index (χ1n) is 9.68. The number of fused-ring (bicyclic) bond motifs is 1. The number of carbonyl (C=O) groups excluding carboxylic acids is 1. The second kappa shape index (κ2) is 7.75. The lowest BCUT2D eigenvalue weighted by molar-refractivity contribution is -0.138. The van der Waals surface area contributed by atoms with Crippen LogP contribution in [0.2, 0.25) is 0 Å². The van der Waals surface area contributed by atoms with E-state index in [4.69, 9.17) is 4.74 Å². The molecule has 2 aliphatic heterocycles. The van der Waals surface area contributed by atoms with E-state index >= 15 is 0 Å². The zero-order chi connectivity index (χ0) is 21.5. The topological polar surface area (TPSA) is 78.5 Å². The molecule has 10 heteroatoms. The number of nitrogens with zero attached hydrogens (tertiary/aromatic N) is 3. The highest BCUT2D eigenvalue weighted by Gasteiger charge is 2.40. The summed E-state index contributed by atoms with van der Waals surface area (Å²) in [5, 5.41) is 0. The summed E-state index contributed by atoms with van der Waals surface area (Å²) < 4.78 is 45.3. The van der Waals surface area contributed by atoms with Gasteiger partial charge in [-0.1, -0.05) is 6.07 Å². The van der Waals surface area contributed by atoms with Crippen LogP contribution >= 0.6 is 0 Å². The highest BCUT2D eigenvalue weighted by atomic mass is 19.4. The van der Waals surface area contributed by atoms with Gasteiger partial charge in [0.1, 0.15) is 11.6 Å². The molecule has 1 N–H and O–H groups in total. The number of carbonyl (C=O) groups is 1. The molecule has 1 saturated heterocycles. The summed E-state index contributed by atoms with van der Waals surface area (Å²) in [6.45, 7) is 3.91. The lowest BCUT2D eigenvalue weighted by atomic mass is 10.0. The molecule has 160 valence electrons. The highest BCUT2D eigenvalue weighted by molar-refractivity contribution is 5.97. The molecular formula is C20H21F3N4O3. The fourth-order valence-electron chi connectivity index (χ4n) is 4.05. The number of H-pyrrole nitrogens is 1. The van der Waals surface area contributed by atoms with Crippen molar-refractivity contribution in [2.75, 3.05) is 36.1 Å². The molecule has 0 aliphatic carbocycles. The summed E-state index contributed by atoms with van der Waals surface area (Å²) in [6.07, 6.45) is -4.58. The Balaban J connectivity index is 1.60. The maximum atomic E-state index is 13.3. The average molecular weight is 422 g/mol. The van der Waals surface area contributed by atoms with Crippen molar-refractivity contribution in [2.45, 2.75) is 32.0 Å². The van der Waals surface area contributed by atoms with Gasteiger partial charge in [-0.25, -0.2) is 4.98 Å². The number of aromatic nitrogens is 2. The third-order valence-corrected chi connectivity index (χ3v) is 5.36. The van der Waals surface area contributed by atoms with Crippen molar-refractivity contribution in [3.8, 4) is 0 Å². The Morgan fingerprint density at radius 2 is 2.03 bits per heavy atom. The van der Waals surface area contributed by atoms with E-state index in [1.54, 1.807) is 6.92 Å². The van der Waals surface area contributed by atoms with Crippen molar-refractivity contribution in [1.82, 2.24) is 9.97 Å². The number of aromatic amines is 1. The molecule has 4 rings (SSSR count). The van der Waals surface area contributed by atoms with Crippen molar-refractivity contribution in [1.29, 1.82) is 0 Å². The predicted octanol–water partition coefficient (Wildman–Crippen LogP) is 2.15. The van der Waals surface area contributed by atoms with Crippen molar-refractivity contribution >= 4 is 17.4 Å². The van der Waals surface area contributed by atoms with Crippen molar-refractivity contribution in [3.05, 3.63) is 51.6 Å². The lowest BCUT2D eigenvalue weighted by Gasteiger charge is -2.28.